The first-order valence-electron chi connectivity index (χ1n) is 11.1. The van der Waals surface area contributed by atoms with Gasteiger partial charge in [-0.3, -0.25) is 0 Å². The summed E-state index contributed by atoms with van der Waals surface area (Å²) in [6, 6.07) is 14.9. The van der Waals surface area contributed by atoms with E-state index in [-0.39, 0.29) is 19.1 Å². The van der Waals surface area contributed by atoms with Crippen LogP contribution in [0.5, 0.6) is 5.88 Å². The van der Waals surface area contributed by atoms with Crippen molar-refractivity contribution in [3.05, 3.63) is 59.7 Å². The van der Waals surface area contributed by atoms with Crippen molar-refractivity contribution in [1.29, 1.82) is 0 Å². The van der Waals surface area contributed by atoms with Crippen LogP contribution >= 0.6 is 0 Å². The van der Waals surface area contributed by atoms with Gasteiger partial charge in [-0.05, 0) is 12.1 Å². The van der Waals surface area contributed by atoms with Gasteiger partial charge < -0.3 is 44.8 Å². The summed E-state index contributed by atoms with van der Waals surface area (Å²) >= 11 is 0. The van der Waals surface area contributed by atoms with E-state index in [1.807, 2.05) is 48.5 Å². The lowest BCUT2D eigenvalue weighted by molar-refractivity contribution is -0.302. The molecule has 0 amide bonds. The van der Waals surface area contributed by atoms with Crippen LogP contribution in [0.4, 0.5) is 5.69 Å². The third kappa shape index (κ3) is 4.29. The number of nitrogens with one attached hydrogen (secondary N) is 1. The molecule has 11 nitrogen and oxygen atoms in total. The van der Waals surface area contributed by atoms with Crippen LogP contribution in [0.15, 0.2) is 58.7 Å². The lowest BCUT2D eigenvalue weighted by atomic mass is 9.99. The highest BCUT2D eigenvalue weighted by atomic mass is 16.7. The Morgan fingerprint density at radius 1 is 0.971 bits per heavy atom. The first-order chi connectivity index (χ1) is 17.0. The Morgan fingerprint density at radius 3 is 2.57 bits per heavy atom. The van der Waals surface area contributed by atoms with E-state index < -0.39 is 37.3 Å². The van der Waals surface area contributed by atoms with Crippen LogP contribution in [0, 0.1) is 0 Å². The third-order valence-corrected chi connectivity index (χ3v) is 6.00. The molecule has 35 heavy (non-hydrogen) atoms. The molecule has 2 aromatic carbocycles. The van der Waals surface area contributed by atoms with E-state index in [4.69, 9.17) is 14.3 Å². The molecule has 1 aromatic heterocycles. The van der Waals surface area contributed by atoms with E-state index in [2.05, 4.69) is 15.1 Å². The molecule has 3 aromatic rings. The van der Waals surface area contributed by atoms with E-state index in [1.165, 1.54) is 0 Å². The number of benzene rings is 2. The van der Waals surface area contributed by atoms with E-state index in [1.54, 1.807) is 0 Å². The highest BCUT2D eigenvalue weighted by Crippen LogP contribution is 2.35. The Bertz CT molecular complexity index is 1270. The summed E-state index contributed by atoms with van der Waals surface area (Å²) in [7, 11) is 0. The first kappa shape index (κ1) is 23.4. The lowest BCUT2D eigenvalue weighted by Gasteiger charge is -2.39. The molecule has 2 aliphatic heterocycles. The van der Waals surface area contributed by atoms with Gasteiger partial charge in [-0.25, -0.2) is 4.99 Å². The molecule has 0 saturated carbocycles. The minimum atomic E-state index is -1.52. The molecule has 6 N–H and O–H groups in total. The minimum absolute atomic E-state index is 0.0311. The molecule has 0 radical (unpaired) electrons. The van der Waals surface area contributed by atoms with Crippen molar-refractivity contribution in [2.45, 2.75) is 30.7 Å². The highest BCUT2D eigenvalue weighted by molar-refractivity contribution is 6.58. The molecule has 0 bridgehead atoms. The van der Waals surface area contributed by atoms with Crippen molar-refractivity contribution in [1.82, 2.24) is 4.98 Å². The maximum atomic E-state index is 10.6. The molecule has 0 aliphatic carbocycles. The molecule has 1 saturated heterocycles. The molecule has 5 rings (SSSR count). The lowest BCUT2D eigenvalue weighted by Crippen LogP contribution is -2.59. The molecule has 5 atom stereocenters. The maximum absolute atomic E-state index is 10.6. The number of ether oxygens (including phenoxy) is 2. The normalized spacial score (nSPS) is 27.3. The third-order valence-electron chi connectivity index (χ3n) is 6.00. The number of aliphatic hydroxyl groups excluding tert-OH is 4. The van der Waals surface area contributed by atoms with Gasteiger partial charge in [0.2, 0.25) is 0 Å². The molecule has 0 spiro atoms. The fourth-order valence-corrected chi connectivity index (χ4v) is 4.22. The van der Waals surface area contributed by atoms with Gasteiger partial charge in [0, 0.05) is 16.5 Å². The van der Waals surface area contributed by atoms with Crippen LogP contribution in [0.3, 0.4) is 0 Å². The van der Waals surface area contributed by atoms with Gasteiger partial charge >= 0.3 is 0 Å². The van der Waals surface area contributed by atoms with Crippen LogP contribution in [-0.2, 0) is 14.3 Å². The predicted octanol–water partition coefficient (Wildman–Crippen LogP) is 0.545. The van der Waals surface area contributed by atoms with Crippen molar-refractivity contribution >= 4 is 28.0 Å². The van der Waals surface area contributed by atoms with Gasteiger partial charge in [0.1, 0.15) is 42.4 Å². The summed E-state index contributed by atoms with van der Waals surface area (Å²) in [5.74, 6) is -0.0311. The van der Waals surface area contributed by atoms with Crippen LogP contribution in [0.2, 0.25) is 0 Å². The summed E-state index contributed by atoms with van der Waals surface area (Å²) < 4.78 is 10.7. The average Bonchev–Trinajstić information content (AvgIpc) is 3.39. The van der Waals surface area contributed by atoms with E-state index in [0.717, 1.165) is 16.5 Å². The van der Waals surface area contributed by atoms with Gasteiger partial charge in [0.15, 0.2) is 12.2 Å². The fraction of sp³-hybridized carbons (Fsp3) is 0.333. The van der Waals surface area contributed by atoms with E-state index in [0.29, 0.717) is 22.7 Å². The average molecular weight is 483 g/mol. The van der Waals surface area contributed by atoms with Gasteiger partial charge in [-0.1, -0.05) is 41.6 Å². The summed E-state index contributed by atoms with van der Waals surface area (Å²) in [5.41, 5.74) is 3.59. The van der Waals surface area contributed by atoms with Crippen molar-refractivity contribution in [3.8, 4) is 5.88 Å². The Balaban J connectivity index is 1.31. The zero-order chi connectivity index (χ0) is 24.5. The fourth-order valence-electron chi connectivity index (χ4n) is 4.22. The van der Waals surface area contributed by atoms with E-state index in [9.17, 15) is 25.5 Å². The molecular formula is C24H25N3O8. The molecule has 11 heteroatoms. The van der Waals surface area contributed by atoms with Crippen LogP contribution in [0.25, 0.3) is 10.9 Å². The number of fused-ring (bicyclic) bond motifs is 2. The van der Waals surface area contributed by atoms with Gasteiger partial charge in [-0.15, -0.1) is 0 Å². The number of para-hydroxylation sites is 2. The number of aromatic hydroxyl groups is 1. The first-order valence-corrected chi connectivity index (χ1v) is 11.1. The van der Waals surface area contributed by atoms with Crippen LogP contribution in [-0.4, -0.2) is 92.5 Å². The number of aliphatic imine (C=N–C) groups is 1. The highest BCUT2D eigenvalue weighted by Gasteiger charge is 2.44. The monoisotopic (exact) mass is 483 g/mol. The summed E-state index contributed by atoms with van der Waals surface area (Å²) in [6.07, 6.45) is -6.79. The van der Waals surface area contributed by atoms with Crippen LogP contribution < -0.4 is 0 Å². The second kappa shape index (κ2) is 9.74. The summed E-state index contributed by atoms with van der Waals surface area (Å²) in [4.78, 5) is 13.1. The number of aromatic amines is 1. The topological polar surface area (TPSA) is 169 Å². The molecule has 0 unspecified atom stereocenters. The molecule has 184 valence electrons. The number of aliphatic hydroxyl groups is 4. The Morgan fingerprint density at radius 2 is 1.74 bits per heavy atom. The van der Waals surface area contributed by atoms with Gasteiger partial charge in [0.25, 0.3) is 0 Å². The summed E-state index contributed by atoms with van der Waals surface area (Å²) in [5, 5.41) is 54.7. The van der Waals surface area contributed by atoms with Gasteiger partial charge in [0.05, 0.1) is 24.5 Å². The molecule has 1 fully saturated rings. The number of hydrogen-bond acceptors (Lipinski definition) is 10. The second-order valence-corrected chi connectivity index (χ2v) is 8.21. The number of H-pyrrole nitrogens is 1. The smallest absolute Gasteiger partial charge is 0.199 e. The number of hydrogen-bond donors (Lipinski definition) is 6. The standard InChI is InChI=1S/C24H25N3O8/c28-11-16-20(29)21(30)22(31)24(35-16)33-9-10-34-27-18-13-6-2-4-8-15(13)25-19(18)17-12-5-1-3-7-14(12)26-23(17)32/h1-8,16,20-22,24,26,28-32H,9-11H2/b27-18+/t16-,20-,21+,22-,24-/m1/s1. The molecule has 3 heterocycles. The number of nitrogens with zero attached hydrogens (tertiary/aromatic N) is 2. The van der Waals surface area contributed by atoms with Crippen molar-refractivity contribution in [2.75, 3.05) is 19.8 Å². The summed E-state index contributed by atoms with van der Waals surface area (Å²) in [6.45, 7) is -0.642. The van der Waals surface area contributed by atoms with E-state index >= 15 is 0 Å². The predicted molar refractivity (Wildman–Crippen MR) is 125 cm³/mol. The van der Waals surface area contributed by atoms with Crippen molar-refractivity contribution in [2.24, 2.45) is 10.1 Å². The maximum Gasteiger partial charge on any atom is 0.199 e. The largest absolute Gasteiger partial charge is 0.494 e. The minimum Gasteiger partial charge on any atom is -0.494 e. The molecule has 2 aliphatic rings. The van der Waals surface area contributed by atoms with Crippen molar-refractivity contribution in [3.63, 3.8) is 0 Å². The zero-order valence-electron chi connectivity index (χ0n) is 18.5. The Hall–Kier alpha value is -3.32. The number of oxime groups is 1. The number of aromatic nitrogens is 1. The van der Waals surface area contributed by atoms with Crippen molar-refractivity contribution < 1.29 is 39.8 Å². The quantitative estimate of drug-likeness (QED) is 0.209. The Kier molecular flexibility index (Phi) is 6.52. The van der Waals surface area contributed by atoms with Gasteiger partial charge in [-0.2, -0.15) is 0 Å². The zero-order valence-corrected chi connectivity index (χ0v) is 18.5. The molecular weight excluding hydrogens is 458 g/mol. The second-order valence-electron chi connectivity index (χ2n) is 8.21. The van der Waals surface area contributed by atoms with Crippen LogP contribution in [0.1, 0.15) is 11.1 Å². The SMILES string of the molecule is OC[C@H]1O[C@@H](OCCO/N=C2/C(c3c(O)[nH]c4ccccc34)=Nc3ccccc32)[C@H](O)[C@@H](O)[C@@H]1O. The number of rotatable bonds is 7. The Labute approximate surface area is 199 Å².